The van der Waals surface area contributed by atoms with Crippen molar-refractivity contribution < 1.29 is 24.5 Å². The van der Waals surface area contributed by atoms with E-state index in [1.54, 1.807) is 12.4 Å². The Morgan fingerprint density at radius 1 is 0.644 bits per heavy atom. The molecule has 4 aromatic heterocycles. The molecule has 0 amide bonds. The number of nitrogens with zero attached hydrogens (tertiary/aromatic N) is 3. The number of pyridine rings is 3. The third-order valence-electron chi connectivity index (χ3n) is 7.98. The average molecular weight is 760 g/mol. The van der Waals surface area contributed by atoms with Crippen LogP contribution in [0.25, 0.3) is 66.4 Å². The van der Waals surface area contributed by atoms with Crippen molar-refractivity contribution in [3.63, 3.8) is 0 Å². The number of aryl methyl sites for hydroxylation is 2. The van der Waals surface area contributed by atoms with Crippen LogP contribution in [0.3, 0.4) is 0 Å². The number of furan rings is 1. The Balaban J connectivity index is 0.000000231. The first-order chi connectivity index (χ1) is 21.6. The molecule has 0 N–H and O–H groups in total. The van der Waals surface area contributed by atoms with E-state index in [9.17, 15) is 0 Å². The molecule has 0 saturated heterocycles. The summed E-state index contributed by atoms with van der Waals surface area (Å²) in [7, 11) is 0. The van der Waals surface area contributed by atoms with Gasteiger partial charge < -0.3 is 14.4 Å². The van der Waals surface area contributed by atoms with Crippen LogP contribution in [0, 0.1) is 32.9 Å². The second kappa shape index (κ2) is 13.0. The molecule has 0 spiro atoms. The summed E-state index contributed by atoms with van der Waals surface area (Å²) in [6.07, 6.45) is 7.40. The number of aromatic nitrogens is 3. The van der Waals surface area contributed by atoms with Crippen molar-refractivity contribution in [3.8, 4) is 33.6 Å². The fourth-order valence-electron chi connectivity index (χ4n) is 5.78. The molecule has 1 radical (unpaired) electrons. The number of rotatable bonds is 3. The van der Waals surface area contributed by atoms with Gasteiger partial charge in [-0.1, -0.05) is 41.3 Å². The van der Waals surface area contributed by atoms with Gasteiger partial charge in [-0.2, -0.15) is 0 Å². The van der Waals surface area contributed by atoms with Crippen molar-refractivity contribution in [3.05, 3.63) is 151 Å². The topological polar surface area (TPSA) is 51.8 Å². The van der Waals surface area contributed by atoms with Gasteiger partial charge in [0, 0.05) is 61.2 Å². The van der Waals surface area contributed by atoms with Gasteiger partial charge in [0.05, 0.1) is 5.58 Å². The van der Waals surface area contributed by atoms with Crippen LogP contribution in [0.4, 0.5) is 0 Å². The fraction of sp³-hybridized carbons (Fsp3) is 0.0750. The maximum Gasteiger partial charge on any atom is 0.128 e. The van der Waals surface area contributed by atoms with E-state index in [-0.39, 0.29) is 20.1 Å². The molecule has 45 heavy (non-hydrogen) atoms. The summed E-state index contributed by atoms with van der Waals surface area (Å²) < 4.78 is 6.63. The molecule has 0 aliphatic carbocycles. The maximum atomic E-state index is 6.63. The monoisotopic (exact) mass is 760 g/mol. The Morgan fingerprint density at radius 2 is 1.42 bits per heavy atom. The van der Waals surface area contributed by atoms with Crippen LogP contribution in [0.15, 0.2) is 126 Å². The first kappa shape index (κ1) is 30.1. The second-order valence-electron chi connectivity index (χ2n) is 10.9. The minimum atomic E-state index is 0. The molecule has 0 aliphatic rings. The van der Waals surface area contributed by atoms with Crippen LogP contribution in [0.5, 0.6) is 0 Å². The SMILES string of the molecule is Cc1cc(-c2c(C)c(C)cc3ccncc23)c2oc3c(-c4ccccn4)[c-]ccc3c2c1.[Ir].[c-]1ccccc1-c1ccccn1. The molecule has 5 heteroatoms. The van der Waals surface area contributed by atoms with Crippen molar-refractivity contribution in [1.82, 2.24) is 15.0 Å². The van der Waals surface area contributed by atoms with Gasteiger partial charge in [0.15, 0.2) is 0 Å². The minimum Gasteiger partial charge on any atom is -0.500 e. The van der Waals surface area contributed by atoms with Crippen LogP contribution in [0.1, 0.15) is 16.7 Å². The van der Waals surface area contributed by atoms with Gasteiger partial charge in [-0.15, -0.1) is 54.1 Å². The van der Waals surface area contributed by atoms with Gasteiger partial charge in [-0.25, -0.2) is 0 Å². The van der Waals surface area contributed by atoms with Crippen LogP contribution in [0.2, 0.25) is 0 Å². The molecule has 0 fully saturated rings. The fourth-order valence-corrected chi connectivity index (χ4v) is 5.78. The van der Waals surface area contributed by atoms with E-state index < -0.39 is 0 Å². The maximum absolute atomic E-state index is 6.63. The first-order valence-corrected chi connectivity index (χ1v) is 14.6. The van der Waals surface area contributed by atoms with E-state index in [2.05, 4.69) is 78.2 Å². The Hall–Kier alpha value is -4.96. The number of fused-ring (bicyclic) bond motifs is 4. The van der Waals surface area contributed by atoms with E-state index in [1.165, 1.54) is 27.6 Å². The first-order valence-electron chi connectivity index (χ1n) is 14.6. The predicted octanol–water partition coefficient (Wildman–Crippen LogP) is 10.1. The molecule has 4 heterocycles. The quantitative estimate of drug-likeness (QED) is 0.168. The van der Waals surface area contributed by atoms with E-state index in [4.69, 9.17) is 4.42 Å². The van der Waals surface area contributed by atoms with Crippen LogP contribution in [-0.4, -0.2) is 15.0 Å². The van der Waals surface area contributed by atoms with Crippen molar-refractivity contribution >= 4 is 32.7 Å². The summed E-state index contributed by atoms with van der Waals surface area (Å²) in [5.41, 5.74) is 11.4. The summed E-state index contributed by atoms with van der Waals surface area (Å²) in [6.45, 7) is 6.49. The molecule has 8 aromatic rings. The average Bonchev–Trinajstić information content (AvgIpc) is 3.45. The standard InChI is InChI=1S/C29H21N2O.C11H8N.Ir/c1-17-13-23-21-7-6-8-22(26-9-4-5-11-31-26)28(21)32-29(23)24(14-17)27-19(3)18(2)15-20-10-12-30-16-25(20)27;1-2-6-10(7-3-1)11-8-4-5-9-12-11;/h4-7,9-16H,1-3H3;1-6,8-9H;/q2*-1;. The van der Waals surface area contributed by atoms with Crippen molar-refractivity contribution in [2.24, 2.45) is 0 Å². The van der Waals surface area contributed by atoms with Gasteiger partial charge in [-0.05, 0) is 90.1 Å². The van der Waals surface area contributed by atoms with Gasteiger partial charge in [-0.3, -0.25) is 4.98 Å². The largest absolute Gasteiger partial charge is 0.500 e. The second-order valence-corrected chi connectivity index (χ2v) is 10.9. The molecule has 0 bridgehead atoms. The van der Waals surface area contributed by atoms with Crippen LogP contribution >= 0.6 is 0 Å². The molecule has 221 valence electrons. The van der Waals surface area contributed by atoms with E-state index in [0.717, 1.165) is 55.4 Å². The zero-order valence-corrected chi connectivity index (χ0v) is 27.5. The summed E-state index contributed by atoms with van der Waals surface area (Å²) in [5.74, 6) is 0. The molecular formula is C40H29IrN3O-2. The zero-order chi connectivity index (χ0) is 30.0. The zero-order valence-electron chi connectivity index (χ0n) is 25.1. The Bertz CT molecular complexity index is 2210. The van der Waals surface area contributed by atoms with E-state index in [1.807, 2.05) is 79.1 Å². The van der Waals surface area contributed by atoms with Crippen molar-refractivity contribution in [1.29, 1.82) is 0 Å². The Kier molecular flexibility index (Phi) is 8.66. The van der Waals surface area contributed by atoms with Crippen molar-refractivity contribution in [2.75, 3.05) is 0 Å². The van der Waals surface area contributed by atoms with Gasteiger partial charge >= 0.3 is 0 Å². The molecule has 4 nitrogen and oxygen atoms in total. The third-order valence-corrected chi connectivity index (χ3v) is 7.98. The third kappa shape index (κ3) is 5.81. The van der Waals surface area contributed by atoms with Gasteiger partial charge in [0.2, 0.25) is 0 Å². The summed E-state index contributed by atoms with van der Waals surface area (Å²) >= 11 is 0. The minimum absolute atomic E-state index is 0. The number of hydrogen-bond acceptors (Lipinski definition) is 4. The predicted molar refractivity (Wildman–Crippen MR) is 179 cm³/mol. The molecule has 8 rings (SSSR count). The summed E-state index contributed by atoms with van der Waals surface area (Å²) in [5, 5.41) is 4.52. The van der Waals surface area contributed by atoms with Crippen molar-refractivity contribution in [2.45, 2.75) is 20.8 Å². The Labute approximate surface area is 276 Å². The number of hydrogen-bond donors (Lipinski definition) is 0. The Morgan fingerprint density at radius 3 is 2.16 bits per heavy atom. The molecule has 4 aromatic carbocycles. The summed E-state index contributed by atoms with van der Waals surface area (Å²) in [4.78, 5) is 13.2. The van der Waals surface area contributed by atoms with Gasteiger partial charge in [0.25, 0.3) is 0 Å². The number of benzene rings is 4. The molecule has 0 atom stereocenters. The van der Waals surface area contributed by atoms with Gasteiger partial charge in [0.1, 0.15) is 5.58 Å². The van der Waals surface area contributed by atoms with E-state index >= 15 is 0 Å². The molecule has 0 unspecified atom stereocenters. The molecule has 0 saturated carbocycles. The normalized spacial score (nSPS) is 10.8. The smallest absolute Gasteiger partial charge is 0.128 e. The van der Waals surface area contributed by atoms with Crippen LogP contribution in [-0.2, 0) is 20.1 Å². The molecule has 0 aliphatic heterocycles. The van der Waals surface area contributed by atoms with Crippen LogP contribution < -0.4 is 0 Å². The summed E-state index contributed by atoms with van der Waals surface area (Å²) in [6, 6.07) is 38.8. The van der Waals surface area contributed by atoms with E-state index in [0.29, 0.717) is 0 Å². The molecular weight excluding hydrogens is 731 g/mol.